The van der Waals surface area contributed by atoms with E-state index in [-0.39, 0.29) is 12.5 Å². The van der Waals surface area contributed by atoms with Gasteiger partial charge in [-0.3, -0.25) is 4.79 Å². The Balaban J connectivity index is 3.12. The standard InChI is InChI=1S/C7H12N2O2/c1-2-11-7(10)6-9-5-3-4-8/h9H,2-3,5-6H2,1H3. The average Bonchev–Trinajstić information content (AvgIpc) is 1.99. The Morgan fingerprint density at radius 2 is 2.45 bits per heavy atom. The van der Waals surface area contributed by atoms with Gasteiger partial charge in [0.15, 0.2) is 0 Å². The Morgan fingerprint density at radius 1 is 1.73 bits per heavy atom. The van der Waals surface area contributed by atoms with E-state index in [0.717, 1.165) is 0 Å². The van der Waals surface area contributed by atoms with Crippen molar-refractivity contribution in [2.24, 2.45) is 0 Å². The van der Waals surface area contributed by atoms with Gasteiger partial charge in [0.25, 0.3) is 0 Å². The van der Waals surface area contributed by atoms with E-state index in [1.54, 1.807) is 6.92 Å². The molecule has 0 aromatic heterocycles. The molecular weight excluding hydrogens is 144 g/mol. The minimum Gasteiger partial charge on any atom is -0.465 e. The maximum absolute atomic E-state index is 10.6. The molecular formula is C7H12N2O2. The van der Waals surface area contributed by atoms with Gasteiger partial charge in [0.2, 0.25) is 0 Å². The van der Waals surface area contributed by atoms with Gasteiger partial charge in [-0.15, -0.1) is 0 Å². The second-order valence-electron chi connectivity index (χ2n) is 1.89. The first kappa shape index (κ1) is 9.92. The fourth-order valence-corrected chi connectivity index (χ4v) is 0.547. The fourth-order valence-electron chi connectivity index (χ4n) is 0.547. The van der Waals surface area contributed by atoms with Gasteiger partial charge in [-0.1, -0.05) is 0 Å². The summed E-state index contributed by atoms with van der Waals surface area (Å²) in [5.41, 5.74) is 0. The van der Waals surface area contributed by atoms with Crippen molar-refractivity contribution >= 4 is 5.97 Å². The van der Waals surface area contributed by atoms with Crippen molar-refractivity contribution in [2.45, 2.75) is 13.3 Å². The second-order valence-corrected chi connectivity index (χ2v) is 1.89. The summed E-state index contributed by atoms with van der Waals surface area (Å²) >= 11 is 0. The first-order valence-corrected chi connectivity index (χ1v) is 3.54. The number of hydrogen-bond acceptors (Lipinski definition) is 4. The van der Waals surface area contributed by atoms with Crippen molar-refractivity contribution in [1.29, 1.82) is 5.26 Å². The molecule has 0 aromatic carbocycles. The summed E-state index contributed by atoms with van der Waals surface area (Å²) in [6.07, 6.45) is 0.416. The Kier molecular flexibility index (Phi) is 6.34. The topological polar surface area (TPSA) is 62.1 Å². The molecule has 0 unspecified atom stereocenters. The van der Waals surface area contributed by atoms with Crippen LogP contribution in [-0.4, -0.2) is 25.7 Å². The molecule has 0 atom stereocenters. The van der Waals surface area contributed by atoms with Crippen LogP contribution in [0.15, 0.2) is 0 Å². The molecule has 0 aliphatic rings. The van der Waals surface area contributed by atoms with Gasteiger partial charge < -0.3 is 10.1 Å². The van der Waals surface area contributed by atoms with Gasteiger partial charge in [0.1, 0.15) is 0 Å². The number of carbonyl (C=O) groups excluding carboxylic acids is 1. The molecule has 0 aliphatic heterocycles. The first-order chi connectivity index (χ1) is 5.31. The molecule has 0 aliphatic carbocycles. The summed E-state index contributed by atoms with van der Waals surface area (Å²) in [6, 6.07) is 1.96. The summed E-state index contributed by atoms with van der Waals surface area (Å²) in [6.45, 7) is 2.89. The molecule has 0 fully saturated rings. The van der Waals surface area contributed by atoms with E-state index >= 15 is 0 Å². The zero-order chi connectivity index (χ0) is 8.53. The maximum Gasteiger partial charge on any atom is 0.319 e. The number of nitriles is 1. The molecule has 0 aromatic rings. The van der Waals surface area contributed by atoms with Crippen LogP contribution in [0.25, 0.3) is 0 Å². The Labute approximate surface area is 66.1 Å². The average molecular weight is 156 g/mol. The van der Waals surface area contributed by atoms with Gasteiger partial charge in [-0.05, 0) is 6.92 Å². The van der Waals surface area contributed by atoms with Crippen LogP contribution in [0.4, 0.5) is 0 Å². The van der Waals surface area contributed by atoms with Crippen molar-refractivity contribution in [1.82, 2.24) is 5.32 Å². The van der Waals surface area contributed by atoms with E-state index in [1.807, 2.05) is 6.07 Å². The molecule has 0 rings (SSSR count). The summed E-state index contributed by atoms with van der Waals surface area (Å²) < 4.78 is 4.64. The minimum atomic E-state index is -0.273. The summed E-state index contributed by atoms with van der Waals surface area (Å²) in [4.78, 5) is 10.6. The molecule has 62 valence electrons. The number of nitrogens with zero attached hydrogens (tertiary/aromatic N) is 1. The van der Waals surface area contributed by atoms with E-state index in [2.05, 4.69) is 10.1 Å². The Hall–Kier alpha value is -1.08. The summed E-state index contributed by atoms with van der Waals surface area (Å²) in [5, 5.41) is 10.9. The Morgan fingerprint density at radius 3 is 3.00 bits per heavy atom. The van der Waals surface area contributed by atoms with E-state index in [9.17, 15) is 4.79 Å². The smallest absolute Gasteiger partial charge is 0.319 e. The predicted molar refractivity (Wildman–Crippen MR) is 39.7 cm³/mol. The molecule has 1 N–H and O–H groups in total. The molecule has 0 radical (unpaired) electrons. The van der Waals surface area contributed by atoms with Crippen molar-refractivity contribution in [3.8, 4) is 6.07 Å². The summed E-state index contributed by atoms with van der Waals surface area (Å²) in [5.74, 6) is -0.273. The van der Waals surface area contributed by atoms with Crippen LogP contribution in [0.1, 0.15) is 13.3 Å². The van der Waals surface area contributed by atoms with Crippen LogP contribution in [0.3, 0.4) is 0 Å². The molecule has 0 bridgehead atoms. The lowest BCUT2D eigenvalue weighted by Gasteiger charge is -2.00. The maximum atomic E-state index is 10.6. The molecule has 0 saturated heterocycles. The van der Waals surface area contributed by atoms with E-state index < -0.39 is 0 Å². The SMILES string of the molecule is CCOC(=O)CNCCC#N. The lowest BCUT2D eigenvalue weighted by molar-refractivity contribution is -0.141. The highest BCUT2D eigenvalue weighted by atomic mass is 16.5. The fraction of sp³-hybridized carbons (Fsp3) is 0.714. The third kappa shape index (κ3) is 6.81. The van der Waals surface area contributed by atoms with Crippen LogP contribution in [0.5, 0.6) is 0 Å². The normalized spacial score (nSPS) is 8.73. The second kappa shape index (κ2) is 7.03. The van der Waals surface area contributed by atoms with Gasteiger partial charge in [0, 0.05) is 13.0 Å². The molecule has 4 nitrogen and oxygen atoms in total. The molecule has 0 heterocycles. The zero-order valence-corrected chi connectivity index (χ0v) is 6.59. The lowest BCUT2D eigenvalue weighted by Crippen LogP contribution is -2.25. The minimum absolute atomic E-state index is 0.190. The summed E-state index contributed by atoms with van der Waals surface area (Å²) in [7, 11) is 0. The quantitative estimate of drug-likeness (QED) is 0.451. The van der Waals surface area contributed by atoms with Gasteiger partial charge in [-0.2, -0.15) is 5.26 Å². The van der Waals surface area contributed by atoms with Crippen LogP contribution in [-0.2, 0) is 9.53 Å². The molecule has 0 spiro atoms. The van der Waals surface area contributed by atoms with Crippen molar-refractivity contribution in [3.63, 3.8) is 0 Å². The lowest BCUT2D eigenvalue weighted by atomic mass is 10.4. The van der Waals surface area contributed by atoms with E-state index in [4.69, 9.17) is 5.26 Å². The van der Waals surface area contributed by atoms with Gasteiger partial charge >= 0.3 is 5.97 Å². The molecule has 0 saturated carbocycles. The van der Waals surface area contributed by atoms with Gasteiger partial charge in [-0.25, -0.2) is 0 Å². The van der Waals surface area contributed by atoms with Crippen LogP contribution >= 0.6 is 0 Å². The number of esters is 1. The number of hydrogen-bond donors (Lipinski definition) is 1. The number of nitrogens with one attached hydrogen (secondary N) is 1. The molecule has 0 amide bonds. The number of ether oxygens (including phenoxy) is 1. The largest absolute Gasteiger partial charge is 0.465 e. The van der Waals surface area contributed by atoms with Crippen molar-refractivity contribution in [2.75, 3.05) is 19.7 Å². The first-order valence-electron chi connectivity index (χ1n) is 3.54. The third-order valence-corrected chi connectivity index (χ3v) is 0.988. The predicted octanol–water partition coefficient (Wildman–Crippen LogP) is 0.0528. The molecule has 4 heteroatoms. The number of rotatable bonds is 5. The van der Waals surface area contributed by atoms with Crippen molar-refractivity contribution in [3.05, 3.63) is 0 Å². The van der Waals surface area contributed by atoms with Crippen LogP contribution in [0, 0.1) is 11.3 Å². The highest BCUT2D eigenvalue weighted by molar-refractivity contribution is 5.71. The Bertz CT molecular complexity index is 151. The number of carbonyl (C=O) groups is 1. The van der Waals surface area contributed by atoms with Gasteiger partial charge in [0.05, 0.1) is 19.2 Å². The monoisotopic (exact) mass is 156 g/mol. The van der Waals surface area contributed by atoms with Crippen LogP contribution in [0.2, 0.25) is 0 Å². The third-order valence-electron chi connectivity index (χ3n) is 0.988. The van der Waals surface area contributed by atoms with E-state index in [0.29, 0.717) is 19.6 Å². The highest BCUT2D eigenvalue weighted by Crippen LogP contribution is 1.75. The zero-order valence-electron chi connectivity index (χ0n) is 6.59. The molecule has 11 heavy (non-hydrogen) atoms. The van der Waals surface area contributed by atoms with Crippen molar-refractivity contribution < 1.29 is 9.53 Å². The van der Waals surface area contributed by atoms with E-state index in [1.165, 1.54) is 0 Å². The van der Waals surface area contributed by atoms with Crippen LogP contribution < -0.4 is 5.32 Å². The highest BCUT2D eigenvalue weighted by Gasteiger charge is 1.98.